The number of phenols is 1. The van der Waals surface area contributed by atoms with Gasteiger partial charge in [0.1, 0.15) is 5.75 Å². The maximum atomic E-state index is 9.18. The van der Waals surface area contributed by atoms with Crippen molar-refractivity contribution in [2.24, 2.45) is 0 Å². The molecule has 0 fully saturated rings. The molecule has 0 aliphatic rings. The molecule has 0 aliphatic carbocycles. The number of aliphatic hydroxyl groups is 2. The van der Waals surface area contributed by atoms with Crippen molar-refractivity contribution in [3.63, 3.8) is 0 Å². The lowest BCUT2D eigenvalue weighted by Gasteiger charge is -2.06. The van der Waals surface area contributed by atoms with Crippen molar-refractivity contribution in [3.05, 3.63) is 151 Å². The van der Waals surface area contributed by atoms with Crippen molar-refractivity contribution in [2.75, 3.05) is 0 Å². The smallest absolute Gasteiger partial charge is 0.115 e. The lowest BCUT2D eigenvalue weighted by molar-refractivity contribution is 0.282. The predicted octanol–water partition coefficient (Wildman–Crippen LogP) is 7.08. The second-order valence-electron chi connectivity index (χ2n) is 7.70. The van der Waals surface area contributed by atoms with Crippen molar-refractivity contribution < 1.29 is 15.3 Å². The standard InChI is InChI=1S/2C13H12O.C6H6O/c2*14-10-12-8-4-5-9-13(12)11-6-2-1-3-7-11;7-6-4-2-1-3-5-6/h2*1-9,14H,10H2;1-5,7H. The molecule has 0 atom stereocenters. The molecule has 0 amide bonds. The van der Waals surface area contributed by atoms with E-state index in [1.165, 1.54) is 0 Å². The van der Waals surface area contributed by atoms with Gasteiger partial charge in [0.25, 0.3) is 0 Å². The summed E-state index contributed by atoms with van der Waals surface area (Å²) in [7, 11) is 0. The molecule has 5 aromatic rings. The van der Waals surface area contributed by atoms with Crippen molar-refractivity contribution in [2.45, 2.75) is 13.2 Å². The summed E-state index contributed by atoms with van der Waals surface area (Å²) < 4.78 is 0. The first-order valence-electron chi connectivity index (χ1n) is 11.4. The van der Waals surface area contributed by atoms with Crippen molar-refractivity contribution in [3.8, 4) is 28.0 Å². The molecule has 0 radical (unpaired) electrons. The van der Waals surface area contributed by atoms with Crippen LogP contribution in [0, 0.1) is 0 Å². The third-order valence-electron chi connectivity index (χ3n) is 5.30. The Hall–Kier alpha value is -4.18. The van der Waals surface area contributed by atoms with Gasteiger partial charge in [0.2, 0.25) is 0 Å². The zero-order valence-electron chi connectivity index (χ0n) is 19.5. The van der Waals surface area contributed by atoms with Crippen LogP contribution < -0.4 is 0 Å². The topological polar surface area (TPSA) is 60.7 Å². The highest BCUT2D eigenvalue weighted by molar-refractivity contribution is 5.67. The number of phenolic OH excluding ortho intramolecular Hbond substituents is 1. The molecular weight excluding hydrogens is 432 g/mol. The van der Waals surface area contributed by atoms with Gasteiger partial charge in [0, 0.05) is 0 Å². The number of aromatic hydroxyl groups is 1. The van der Waals surface area contributed by atoms with Crippen molar-refractivity contribution >= 4 is 0 Å². The summed E-state index contributed by atoms with van der Waals surface area (Å²) in [6, 6.07) is 44.7. The van der Waals surface area contributed by atoms with Crippen LogP contribution in [0.15, 0.2) is 140 Å². The second kappa shape index (κ2) is 14.2. The third-order valence-corrected chi connectivity index (χ3v) is 5.30. The number of rotatable bonds is 4. The van der Waals surface area contributed by atoms with Crippen molar-refractivity contribution in [1.82, 2.24) is 0 Å². The summed E-state index contributed by atoms with van der Waals surface area (Å²) in [5.74, 6) is 0.322. The Morgan fingerprint density at radius 2 is 0.686 bits per heavy atom. The summed E-state index contributed by atoms with van der Waals surface area (Å²) in [4.78, 5) is 0. The largest absolute Gasteiger partial charge is 0.508 e. The summed E-state index contributed by atoms with van der Waals surface area (Å²) in [6.07, 6.45) is 0. The van der Waals surface area contributed by atoms with Crippen LogP contribution in [-0.4, -0.2) is 15.3 Å². The molecule has 0 saturated carbocycles. The summed E-state index contributed by atoms with van der Waals surface area (Å²) >= 11 is 0. The molecule has 176 valence electrons. The molecular formula is C32H30O3. The number of hydrogen-bond donors (Lipinski definition) is 3. The number of para-hydroxylation sites is 1. The van der Waals surface area contributed by atoms with Gasteiger partial charge in [0.05, 0.1) is 13.2 Å². The summed E-state index contributed by atoms with van der Waals surface area (Å²) in [5.41, 5.74) is 6.46. The average molecular weight is 463 g/mol. The highest BCUT2D eigenvalue weighted by Crippen LogP contribution is 2.24. The fourth-order valence-corrected chi connectivity index (χ4v) is 3.54. The molecule has 0 saturated heterocycles. The monoisotopic (exact) mass is 462 g/mol. The highest BCUT2D eigenvalue weighted by Gasteiger charge is 2.02. The van der Waals surface area contributed by atoms with Crippen LogP contribution in [0.4, 0.5) is 0 Å². The molecule has 3 heteroatoms. The van der Waals surface area contributed by atoms with Crippen LogP contribution in [0.3, 0.4) is 0 Å². The van der Waals surface area contributed by atoms with Gasteiger partial charge in [-0.25, -0.2) is 0 Å². The molecule has 5 aromatic carbocycles. The Kier molecular flexibility index (Phi) is 10.3. The Morgan fingerprint density at radius 1 is 0.371 bits per heavy atom. The van der Waals surface area contributed by atoms with Gasteiger partial charge >= 0.3 is 0 Å². The highest BCUT2D eigenvalue weighted by atomic mass is 16.3. The van der Waals surface area contributed by atoms with E-state index in [0.717, 1.165) is 33.4 Å². The first-order chi connectivity index (χ1) is 17.2. The summed E-state index contributed by atoms with van der Waals surface area (Å²) in [6.45, 7) is 0.177. The molecule has 5 rings (SSSR count). The Morgan fingerprint density at radius 3 is 1.00 bits per heavy atom. The van der Waals surface area contributed by atoms with Crippen LogP contribution in [0.25, 0.3) is 22.3 Å². The molecule has 0 aliphatic heterocycles. The molecule has 3 N–H and O–H groups in total. The van der Waals surface area contributed by atoms with E-state index in [-0.39, 0.29) is 13.2 Å². The van der Waals surface area contributed by atoms with Gasteiger partial charge in [-0.2, -0.15) is 0 Å². The minimum atomic E-state index is 0.0884. The van der Waals surface area contributed by atoms with E-state index in [1.54, 1.807) is 24.3 Å². The minimum Gasteiger partial charge on any atom is -0.508 e. The first-order valence-corrected chi connectivity index (χ1v) is 11.4. The quantitative estimate of drug-likeness (QED) is 0.267. The van der Waals surface area contributed by atoms with Gasteiger partial charge in [-0.3, -0.25) is 0 Å². The van der Waals surface area contributed by atoms with Gasteiger partial charge in [0.15, 0.2) is 0 Å². The maximum Gasteiger partial charge on any atom is 0.115 e. The maximum absolute atomic E-state index is 9.18. The fraction of sp³-hybridized carbons (Fsp3) is 0.0625. The van der Waals surface area contributed by atoms with E-state index in [0.29, 0.717) is 5.75 Å². The first kappa shape index (κ1) is 25.4. The van der Waals surface area contributed by atoms with Crippen LogP contribution >= 0.6 is 0 Å². The molecule has 0 spiro atoms. The zero-order chi connectivity index (χ0) is 24.7. The van der Waals surface area contributed by atoms with Gasteiger partial charge in [-0.05, 0) is 45.5 Å². The molecule has 0 bridgehead atoms. The zero-order valence-corrected chi connectivity index (χ0v) is 19.5. The third kappa shape index (κ3) is 7.97. The molecule has 0 unspecified atom stereocenters. The van der Waals surface area contributed by atoms with E-state index >= 15 is 0 Å². The van der Waals surface area contributed by atoms with Crippen LogP contribution in [0.5, 0.6) is 5.75 Å². The van der Waals surface area contributed by atoms with Crippen LogP contribution in [0.1, 0.15) is 11.1 Å². The lowest BCUT2D eigenvalue weighted by Crippen LogP contribution is -1.87. The molecule has 35 heavy (non-hydrogen) atoms. The normalized spacial score (nSPS) is 9.77. The number of hydrogen-bond acceptors (Lipinski definition) is 3. The van der Waals surface area contributed by atoms with E-state index in [2.05, 4.69) is 24.3 Å². The van der Waals surface area contributed by atoms with Crippen LogP contribution in [-0.2, 0) is 13.2 Å². The SMILES string of the molecule is OCc1ccccc1-c1ccccc1.OCc1ccccc1-c1ccccc1.Oc1ccccc1. The molecule has 0 aromatic heterocycles. The van der Waals surface area contributed by atoms with E-state index in [9.17, 15) is 10.2 Å². The fourth-order valence-electron chi connectivity index (χ4n) is 3.54. The minimum absolute atomic E-state index is 0.0884. The molecule has 3 nitrogen and oxygen atoms in total. The van der Waals surface area contributed by atoms with E-state index in [1.807, 2.05) is 91.0 Å². The predicted molar refractivity (Wildman–Crippen MR) is 144 cm³/mol. The number of benzene rings is 5. The number of aliphatic hydroxyl groups excluding tert-OH is 2. The van der Waals surface area contributed by atoms with Crippen molar-refractivity contribution in [1.29, 1.82) is 0 Å². The van der Waals surface area contributed by atoms with Crippen LogP contribution in [0.2, 0.25) is 0 Å². The Bertz CT molecular complexity index is 1170. The van der Waals surface area contributed by atoms with E-state index < -0.39 is 0 Å². The Balaban J connectivity index is 0.000000155. The van der Waals surface area contributed by atoms with Gasteiger partial charge in [-0.1, -0.05) is 127 Å². The van der Waals surface area contributed by atoms with E-state index in [4.69, 9.17) is 5.11 Å². The van der Waals surface area contributed by atoms with Gasteiger partial charge < -0.3 is 15.3 Å². The average Bonchev–Trinajstić information content (AvgIpc) is 2.95. The van der Waals surface area contributed by atoms with Gasteiger partial charge in [-0.15, -0.1) is 0 Å². The Labute approximate surface area is 207 Å². The second-order valence-corrected chi connectivity index (χ2v) is 7.70. The summed E-state index contributed by atoms with van der Waals surface area (Å²) in [5, 5.41) is 27.0. The molecule has 0 heterocycles. The lowest BCUT2D eigenvalue weighted by atomic mass is 10.0.